The smallest absolute Gasteiger partial charge is 0.286 e. The Morgan fingerprint density at radius 3 is 2.73 bits per heavy atom. The fourth-order valence-corrected chi connectivity index (χ4v) is 0.570. The predicted octanol–water partition coefficient (Wildman–Crippen LogP) is 0.263. The van der Waals surface area contributed by atoms with Crippen LogP contribution in [0, 0.1) is 0 Å². The molecule has 0 saturated heterocycles. The van der Waals surface area contributed by atoms with Crippen LogP contribution >= 0.6 is 0 Å². The molecule has 60 valence electrons. The predicted molar refractivity (Wildman–Crippen MR) is 31.3 cm³/mol. The molecule has 1 rings (SSSR count). The van der Waals surface area contributed by atoms with E-state index in [-0.39, 0.29) is 5.69 Å². The van der Waals surface area contributed by atoms with Crippen LogP contribution < -0.4 is 0 Å². The van der Waals surface area contributed by atoms with E-state index in [4.69, 9.17) is 0 Å². The summed E-state index contributed by atoms with van der Waals surface area (Å²) in [5.74, 6) is -1.29. The van der Waals surface area contributed by atoms with E-state index >= 15 is 0 Å². The maximum absolute atomic E-state index is 11.7. The standard InChI is InChI=1S/C5H5F2N3O/c1-10-8-2-3(9-10)4(11)5(6)7/h2,5H,1H3. The highest BCUT2D eigenvalue weighted by molar-refractivity contribution is 5.96. The zero-order valence-corrected chi connectivity index (χ0v) is 5.66. The first kappa shape index (κ1) is 7.77. The molecule has 0 aliphatic carbocycles. The minimum atomic E-state index is -3.01. The second-order valence-electron chi connectivity index (χ2n) is 1.88. The van der Waals surface area contributed by atoms with Gasteiger partial charge in [0.15, 0.2) is 5.69 Å². The number of ketones is 1. The number of nitrogens with zero attached hydrogens (tertiary/aromatic N) is 3. The fourth-order valence-electron chi connectivity index (χ4n) is 0.570. The largest absolute Gasteiger partial charge is 0.302 e. The number of hydrogen-bond donors (Lipinski definition) is 0. The van der Waals surface area contributed by atoms with E-state index in [0.717, 1.165) is 11.0 Å². The minimum Gasteiger partial charge on any atom is -0.286 e. The molecule has 0 unspecified atom stereocenters. The van der Waals surface area contributed by atoms with Gasteiger partial charge in [-0.2, -0.15) is 15.0 Å². The summed E-state index contributed by atoms with van der Waals surface area (Å²) >= 11 is 0. The summed E-state index contributed by atoms with van der Waals surface area (Å²) in [4.78, 5) is 11.5. The van der Waals surface area contributed by atoms with Crippen LogP contribution in [-0.4, -0.2) is 27.2 Å². The van der Waals surface area contributed by atoms with Gasteiger partial charge in [-0.3, -0.25) is 4.79 Å². The zero-order valence-electron chi connectivity index (χ0n) is 5.66. The van der Waals surface area contributed by atoms with Gasteiger partial charge in [0.1, 0.15) is 0 Å². The molecule has 0 aliphatic heterocycles. The van der Waals surface area contributed by atoms with Gasteiger partial charge in [-0.05, 0) is 0 Å². The summed E-state index contributed by atoms with van der Waals surface area (Å²) in [6.07, 6.45) is -2.00. The number of alkyl halides is 2. The molecule has 11 heavy (non-hydrogen) atoms. The van der Waals surface area contributed by atoms with Gasteiger partial charge in [0.2, 0.25) is 0 Å². The summed E-state index contributed by atoms with van der Waals surface area (Å²) in [7, 11) is 1.45. The molecule has 1 heterocycles. The molecule has 0 aromatic carbocycles. The highest BCUT2D eigenvalue weighted by atomic mass is 19.3. The van der Waals surface area contributed by atoms with Crippen LogP contribution in [0.15, 0.2) is 6.20 Å². The molecule has 6 heteroatoms. The Hall–Kier alpha value is -1.33. The quantitative estimate of drug-likeness (QED) is 0.584. The molecule has 4 nitrogen and oxygen atoms in total. The van der Waals surface area contributed by atoms with E-state index in [1.165, 1.54) is 7.05 Å². The number of Topliss-reactive ketones (excluding diaryl/α,β-unsaturated/α-hetero) is 1. The van der Waals surface area contributed by atoms with Gasteiger partial charge in [-0.25, -0.2) is 8.78 Å². The molecule has 0 fully saturated rings. The van der Waals surface area contributed by atoms with Crippen molar-refractivity contribution in [1.29, 1.82) is 0 Å². The van der Waals surface area contributed by atoms with Crippen molar-refractivity contribution >= 4 is 5.78 Å². The van der Waals surface area contributed by atoms with Gasteiger partial charge in [-0.1, -0.05) is 0 Å². The Morgan fingerprint density at radius 2 is 2.36 bits per heavy atom. The first-order chi connectivity index (χ1) is 5.11. The van der Waals surface area contributed by atoms with E-state index in [0.29, 0.717) is 0 Å². The number of carbonyl (C=O) groups is 1. The first-order valence-corrected chi connectivity index (χ1v) is 2.80. The van der Waals surface area contributed by atoms with Crippen LogP contribution in [0.3, 0.4) is 0 Å². The Kier molecular flexibility index (Phi) is 1.93. The summed E-state index contributed by atoms with van der Waals surface area (Å²) in [5, 5.41) is 6.88. The van der Waals surface area contributed by atoms with Crippen molar-refractivity contribution in [2.45, 2.75) is 6.43 Å². The molecule has 0 atom stereocenters. The number of carbonyl (C=O) groups excluding carboxylic acids is 1. The molecule has 1 aromatic rings. The normalized spacial score (nSPS) is 10.5. The average molecular weight is 161 g/mol. The van der Waals surface area contributed by atoms with Crippen molar-refractivity contribution in [2.75, 3.05) is 0 Å². The van der Waals surface area contributed by atoms with Crippen molar-refractivity contribution < 1.29 is 13.6 Å². The topological polar surface area (TPSA) is 47.8 Å². The summed E-state index contributed by atoms with van der Waals surface area (Å²) < 4.78 is 23.4. The molecule has 0 amide bonds. The van der Waals surface area contributed by atoms with Crippen LogP contribution in [0.2, 0.25) is 0 Å². The number of aryl methyl sites for hydroxylation is 1. The lowest BCUT2D eigenvalue weighted by molar-refractivity contribution is 0.0672. The van der Waals surface area contributed by atoms with Crippen LogP contribution in [0.25, 0.3) is 0 Å². The minimum absolute atomic E-state index is 0.303. The molecule has 1 aromatic heterocycles. The lowest BCUT2D eigenvalue weighted by Crippen LogP contribution is -2.11. The second kappa shape index (κ2) is 2.73. The average Bonchev–Trinajstić information content (AvgIpc) is 2.34. The third kappa shape index (κ3) is 1.57. The number of rotatable bonds is 2. The lowest BCUT2D eigenvalue weighted by Gasteiger charge is -1.90. The lowest BCUT2D eigenvalue weighted by atomic mass is 10.3. The molecule has 0 N–H and O–H groups in total. The molecular formula is C5H5F2N3O. The fraction of sp³-hybridized carbons (Fsp3) is 0.400. The molecule has 0 bridgehead atoms. The van der Waals surface area contributed by atoms with Crippen LogP contribution in [0.5, 0.6) is 0 Å². The third-order valence-electron chi connectivity index (χ3n) is 1.05. The van der Waals surface area contributed by atoms with Crippen molar-refractivity contribution in [3.05, 3.63) is 11.9 Å². The Morgan fingerprint density at radius 1 is 1.73 bits per heavy atom. The maximum Gasteiger partial charge on any atom is 0.302 e. The van der Waals surface area contributed by atoms with E-state index in [1.54, 1.807) is 0 Å². The number of aromatic nitrogens is 3. The molecule has 0 radical (unpaired) electrons. The van der Waals surface area contributed by atoms with Gasteiger partial charge in [0.25, 0.3) is 5.78 Å². The van der Waals surface area contributed by atoms with Crippen molar-refractivity contribution in [2.24, 2.45) is 7.05 Å². The van der Waals surface area contributed by atoms with Gasteiger partial charge < -0.3 is 0 Å². The Labute approximate surface area is 60.8 Å². The second-order valence-corrected chi connectivity index (χ2v) is 1.88. The van der Waals surface area contributed by atoms with E-state index in [9.17, 15) is 13.6 Å². The third-order valence-corrected chi connectivity index (χ3v) is 1.05. The SMILES string of the molecule is Cn1ncc(C(=O)C(F)F)n1. The monoisotopic (exact) mass is 161 g/mol. The Bertz CT molecular complexity index is 270. The van der Waals surface area contributed by atoms with E-state index in [1.807, 2.05) is 0 Å². The highest BCUT2D eigenvalue weighted by Crippen LogP contribution is 2.02. The summed E-state index contributed by atoms with van der Waals surface area (Å²) in [5.41, 5.74) is -0.303. The highest BCUT2D eigenvalue weighted by Gasteiger charge is 2.20. The van der Waals surface area contributed by atoms with Gasteiger partial charge in [0.05, 0.1) is 6.20 Å². The van der Waals surface area contributed by atoms with Crippen molar-refractivity contribution in [1.82, 2.24) is 15.0 Å². The van der Waals surface area contributed by atoms with E-state index < -0.39 is 12.2 Å². The van der Waals surface area contributed by atoms with E-state index in [2.05, 4.69) is 10.2 Å². The molecule has 0 aliphatic rings. The van der Waals surface area contributed by atoms with Crippen LogP contribution in [0.4, 0.5) is 8.78 Å². The van der Waals surface area contributed by atoms with Gasteiger partial charge in [0, 0.05) is 7.05 Å². The maximum atomic E-state index is 11.7. The zero-order chi connectivity index (χ0) is 8.43. The molecule has 0 spiro atoms. The van der Waals surface area contributed by atoms with Crippen molar-refractivity contribution in [3.8, 4) is 0 Å². The Balaban J connectivity index is 2.85. The van der Waals surface area contributed by atoms with Crippen LogP contribution in [-0.2, 0) is 7.05 Å². The van der Waals surface area contributed by atoms with Crippen LogP contribution in [0.1, 0.15) is 10.5 Å². The number of hydrogen-bond acceptors (Lipinski definition) is 3. The summed E-state index contributed by atoms with van der Waals surface area (Å²) in [6.45, 7) is 0. The molecule has 0 saturated carbocycles. The van der Waals surface area contributed by atoms with Gasteiger partial charge in [-0.15, -0.1) is 0 Å². The van der Waals surface area contributed by atoms with Crippen molar-refractivity contribution in [3.63, 3.8) is 0 Å². The first-order valence-electron chi connectivity index (χ1n) is 2.80. The summed E-state index contributed by atoms with van der Waals surface area (Å²) in [6, 6.07) is 0. The van der Waals surface area contributed by atoms with Gasteiger partial charge >= 0.3 is 6.43 Å². The number of halogens is 2. The molecular weight excluding hydrogens is 156 g/mol.